The molecule has 0 N–H and O–H groups in total. The molecule has 2 atom stereocenters. The average Bonchev–Trinajstić information content (AvgIpc) is 2.27. The van der Waals surface area contributed by atoms with Gasteiger partial charge in [0.25, 0.3) is 0 Å². The number of aliphatic imine (C=N–C) groups is 1. The summed E-state index contributed by atoms with van der Waals surface area (Å²) in [6.45, 7) is 4.74. The van der Waals surface area contributed by atoms with Crippen LogP contribution in [-0.2, 0) is 0 Å². The van der Waals surface area contributed by atoms with Crippen LogP contribution in [0.5, 0.6) is 0 Å². The Morgan fingerprint density at radius 2 is 2.27 bits per heavy atom. The van der Waals surface area contributed by atoms with Crippen LogP contribution in [0.1, 0.15) is 26.7 Å². The van der Waals surface area contributed by atoms with E-state index in [-0.39, 0.29) is 0 Å². The Balaban J connectivity index is 2.07. The first-order valence-electron chi connectivity index (χ1n) is 4.24. The van der Waals surface area contributed by atoms with Crippen molar-refractivity contribution in [3.8, 4) is 0 Å². The van der Waals surface area contributed by atoms with Gasteiger partial charge in [-0.25, -0.2) is 0 Å². The lowest BCUT2D eigenvalue weighted by Crippen LogP contribution is -2.44. The molecule has 0 spiro atoms. The Morgan fingerprint density at radius 3 is 2.73 bits per heavy atom. The minimum Gasteiger partial charge on any atom is -0.279 e. The van der Waals surface area contributed by atoms with Crippen molar-refractivity contribution in [2.75, 3.05) is 6.26 Å². The van der Waals surface area contributed by atoms with E-state index in [0.717, 1.165) is 5.92 Å². The maximum absolute atomic E-state index is 4.65. The van der Waals surface area contributed by atoms with Crippen molar-refractivity contribution < 1.29 is 0 Å². The van der Waals surface area contributed by atoms with E-state index in [1.165, 1.54) is 17.9 Å². The summed E-state index contributed by atoms with van der Waals surface area (Å²) in [7, 11) is 0. The van der Waals surface area contributed by atoms with Crippen LogP contribution in [0, 0.1) is 11.3 Å². The van der Waals surface area contributed by atoms with E-state index in [9.17, 15) is 0 Å². The molecule has 1 aliphatic carbocycles. The van der Waals surface area contributed by atoms with Gasteiger partial charge in [0, 0.05) is 6.42 Å². The second-order valence-corrected chi connectivity index (χ2v) is 5.18. The summed E-state index contributed by atoms with van der Waals surface area (Å²) in [6.07, 6.45) is 4.69. The maximum atomic E-state index is 4.65. The molecule has 0 aromatic rings. The van der Waals surface area contributed by atoms with Crippen LogP contribution in [0.25, 0.3) is 0 Å². The molecule has 2 rings (SSSR count). The smallest absolute Gasteiger partial charge is 0.0680 e. The highest BCUT2D eigenvalue weighted by Gasteiger charge is 2.50. The zero-order valence-electron chi connectivity index (χ0n) is 7.42. The fourth-order valence-corrected chi connectivity index (χ4v) is 2.89. The molecule has 0 bridgehead atoms. The van der Waals surface area contributed by atoms with Gasteiger partial charge in [-0.05, 0) is 24.0 Å². The molecule has 11 heavy (non-hydrogen) atoms. The third kappa shape index (κ3) is 1.03. The number of fused-ring (bicyclic) bond motifs is 1. The molecule has 0 unspecified atom stereocenters. The lowest BCUT2D eigenvalue weighted by atomic mass is 9.59. The molecule has 1 nitrogen and oxygen atoms in total. The fourth-order valence-electron chi connectivity index (χ4n) is 2.30. The van der Waals surface area contributed by atoms with Crippen LogP contribution in [0.3, 0.4) is 0 Å². The first-order chi connectivity index (χ1) is 5.13. The second kappa shape index (κ2) is 2.25. The average molecular weight is 169 g/mol. The third-order valence-corrected chi connectivity index (χ3v) is 3.89. The number of hydrogen-bond donors (Lipinski definition) is 0. The zero-order chi connectivity index (χ0) is 8.06. The predicted octanol–water partition coefficient (Wildman–Crippen LogP) is 2.57. The molecule has 2 heteroatoms. The normalized spacial score (nSPS) is 39.4. The Kier molecular flexibility index (Phi) is 1.57. The summed E-state index contributed by atoms with van der Waals surface area (Å²) in [5, 5.41) is 1.38. The van der Waals surface area contributed by atoms with E-state index < -0.39 is 0 Å². The molecular weight excluding hydrogens is 154 g/mol. The summed E-state index contributed by atoms with van der Waals surface area (Å²) in [4.78, 5) is 4.65. The van der Waals surface area contributed by atoms with E-state index in [2.05, 4.69) is 25.1 Å². The van der Waals surface area contributed by atoms with Crippen molar-refractivity contribution in [2.24, 2.45) is 16.3 Å². The monoisotopic (exact) mass is 169 g/mol. The van der Waals surface area contributed by atoms with Crippen LogP contribution in [0.4, 0.5) is 0 Å². The third-order valence-electron chi connectivity index (χ3n) is 3.14. The van der Waals surface area contributed by atoms with Crippen molar-refractivity contribution in [1.29, 1.82) is 0 Å². The lowest BCUT2D eigenvalue weighted by molar-refractivity contribution is 0.0604. The fraction of sp³-hybridized carbons (Fsp3) is 0.889. The predicted molar refractivity (Wildman–Crippen MR) is 51.2 cm³/mol. The van der Waals surface area contributed by atoms with Gasteiger partial charge in [0.1, 0.15) is 0 Å². The van der Waals surface area contributed by atoms with Crippen molar-refractivity contribution in [2.45, 2.75) is 32.7 Å². The van der Waals surface area contributed by atoms with Crippen LogP contribution in [0.15, 0.2) is 4.99 Å². The molecule has 1 saturated carbocycles. The zero-order valence-corrected chi connectivity index (χ0v) is 8.24. The highest BCUT2D eigenvalue weighted by Crippen LogP contribution is 2.53. The summed E-state index contributed by atoms with van der Waals surface area (Å²) in [6, 6.07) is 0.687. The van der Waals surface area contributed by atoms with E-state index in [0.29, 0.717) is 11.5 Å². The highest BCUT2D eigenvalue weighted by molar-refractivity contribution is 8.13. The van der Waals surface area contributed by atoms with Gasteiger partial charge in [-0.15, -0.1) is 11.8 Å². The second-order valence-electron chi connectivity index (χ2n) is 4.30. The Bertz CT molecular complexity index is 208. The Hall–Kier alpha value is 0.0200. The standard InChI is InChI=1S/C9H15NS/c1-9(2)5-7-6(9)4-8(10-7)11-3/h6-7H,4-5H2,1-3H3/t6-,7-/m0/s1. The molecule has 0 aromatic carbocycles. The lowest BCUT2D eigenvalue weighted by Gasteiger charge is -2.46. The largest absolute Gasteiger partial charge is 0.279 e. The summed E-state index contributed by atoms with van der Waals surface area (Å²) in [5.41, 5.74) is 0.575. The molecule has 0 aromatic heterocycles. The van der Waals surface area contributed by atoms with Gasteiger partial charge in [-0.2, -0.15) is 0 Å². The van der Waals surface area contributed by atoms with Crippen LogP contribution < -0.4 is 0 Å². The molecule has 0 amide bonds. The number of rotatable bonds is 0. The summed E-state index contributed by atoms with van der Waals surface area (Å²) < 4.78 is 0. The molecule has 0 saturated heterocycles. The minimum atomic E-state index is 0.575. The van der Waals surface area contributed by atoms with E-state index >= 15 is 0 Å². The minimum absolute atomic E-state index is 0.575. The van der Waals surface area contributed by atoms with E-state index in [4.69, 9.17) is 0 Å². The molecule has 1 fully saturated rings. The van der Waals surface area contributed by atoms with Gasteiger partial charge in [-0.1, -0.05) is 13.8 Å². The molecule has 62 valence electrons. The number of nitrogens with zero attached hydrogens (tertiary/aromatic N) is 1. The molecule has 0 radical (unpaired) electrons. The van der Waals surface area contributed by atoms with Gasteiger partial charge >= 0.3 is 0 Å². The van der Waals surface area contributed by atoms with Gasteiger partial charge < -0.3 is 0 Å². The van der Waals surface area contributed by atoms with Gasteiger partial charge in [0.15, 0.2) is 0 Å². The molecule has 1 aliphatic heterocycles. The first kappa shape index (κ1) is 7.66. The summed E-state index contributed by atoms with van der Waals surface area (Å²) >= 11 is 1.83. The molecule has 1 heterocycles. The van der Waals surface area contributed by atoms with Crippen molar-refractivity contribution >= 4 is 16.8 Å². The quantitative estimate of drug-likeness (QED) is 0.543. The molecular formula is C9H15NS. The van der Waals surface area contributed by atoms with Crippen molar-refractivity contribution in [3.05, 3.63) is 0 Å². The topological polar surface area (TPSA) is 12.4 Å². The van der Waals surface area contributed by atoms with Crippen LogP contribution >= 0.6 is 11.8 Å². The Labute approximate surface area is 72.7 Å². The van der Waals surface area contributed by atoms with Crippen molar-refractivity contribution in [3.63, 3.8) is 0 Å². The highest BCUT2D eigenvalue weighted by atomic mass is 32.2. The van der Waals surface area contributed by atoms with Gasteiger partial charge in [-0.3, -0.25) is 4.99 Å². The van der Waals surface area contributed by atoms with E-state index in [1.807, 2.05) is 11.8 Å². The summed E-state index contributed by atoms with van der Waals surface area (Å²) in [5.74, 6) is 0.866. The van der Waals surface area contributed by atoms with Gasteiger partial charge in [0.2, 0.25) is 0 Å². The number of hydrogen-bond acceptors (Lipinski definition) is 2. The number of thioether (sulfide) groups is 1. The van der Waals surface area contributed by atoms with E-state index in [1.54, 1.807) is 0 Å². The Morgan fingerprint density at radius 1 is 1.55 bits per heavy atom. The van der Waals surface area contributed by atoms with Crippen LogP contribution in [-0.4, -0.2) is 17.3 Å². The van der Waals surface area contributed by atoms with Crippen LogP contribution in [0.2, 0.25) is 0 Å². The first-order valence-corrected chi connectivity index (χ1v) is 5.46. The van der Waals surface area contributed by atoms with Crippen molar-refractivity contribution in [1.82, 2.24) is 0 Å². The van der Waals surface area contributed by atoms with Gasteiger partial charge in [0.05, 0.1) is 11.1 Å². The SMILES string of the molecule is CSC1=N[C@H]2CC(C)(C)[C@H]2C1. The maximum Gasteiger partial charge on any atom is 0.0680 e. The molecule has 2 aliphatic rings.